The highest BCUT2D eigenvalue weighted by atomic mass is 16.5. The van der Waals surface area contributed by atoms with Gasteiger partial charge in [0, 0.05) is 17.7 Å². The van der Waals surface area contributed by atoms with Crippen LogP contribution in [0.5, 0.6) is 5.75 Å². The molecule has 2 aromatic carbocycles. The van der Waals surface area contributed by atoms with E-state index in [4.69, 9.17) is 16.2 Å². The number of likely N-dealkylation sites (N-methyl/N-ethyl adjacent to an activating group) is 1. The molecule has 0 amide bonds. The van der Waals surface area contributed by atoms with Gasteiger partial charge >= 0.3 is 0 Å². The number of carbonyl (C=O) groups is 1. The van der Waals surface area contributed by atoms with Gasteiger partial charge in [-0.2, -0.15) is 0 Å². The Morgan fingerprint density at radius 3 is 2.17 bits per heavy atom. The molecule has 0 aliphatic rings. The highest BCUT2D eigenvalue weighted by molar-refractivity contribution is 6.09. The van der Waals surface area contributed by atoms with Crippen molar-refractivity contribution >= 4 is 17.2 Å². The largest absolute Gasteiger partial charge is 0.492 e. The molecular weight excluding hydrogens is 302 g/mol. The molecule has 0 spiro atoms. The summed E-state index contributed by atoms with van der Waals surface area (Å²) >= 11 is 0. The molecule has 0 unspecified atom stereocenters. The Hall–Kier alpha value is -2.53. The topological polar surface area (TPSA) is 81.6 Å². The first kappa shape index (κ1) is 17.8. The third-order valence-corrected chi connectivity index (χ3v) is 4.04. The lowest BCUT2D eigenvalue weighted by Crippen LogP contribution is -2.27. The Kier molecular flexibility index (Phi) is 6.21. The van der Waals surface area contributed by atoms with Crippen molar-refractivity contribution in [2.45, 2.75) is 13.8 Å². The van der Waals surface area contributed by atoms with Gasteiger partial charge in [0.25, 0.3) is 0 Å². The molecule has 0 radical (unpaired) electrons. The summed E-state index contributed by atoms with van der Waals surface area (Å²) in [7, 11) is 0. The number of nitrogen functional groups attached to an aromatic ring is 2. The van der Waals surface area contributed by atoms with Gasteiger partial charge in [0.1, 0.15) is 12.4 Å². The van der Waals surface area contributed by atoms with E-state index in [-0.39, 0.29) is 5.78 Å². The van der Waals surface area contributed by atoms with Gasteiger partial charge in [-0.05, 0) is 55.6 Å². The van der Waals surface area contributed by atoms with Crippen molar-refractivity contribution in [3.8, 4) is 5.75 Å². The van der Waals surface area contributed by atoms with Crippen LogP contribution in [0.4, 0.5) is 11.4 Å². The van der Waals surface area contributed by atoms with Crippen molar-refractivity contribution < 1.29 is 9.53 Å². The summed E-state index contributed by atoms with van der Waals surface area (Å²) in [4.78, 5) is 14.8. The average Bonchev–Trinajstić information content (AvgIpc) is 2.61. The van der Waals surface area contributed by atoms with E-state index in [1.807, 2.05) is 12.1 Å². The lowest BCUT2D eigenvalue weighted by atomic mass is 10.0. The zero-order chi connectivity index (χ0) is 17.5. The molecule has 0 aliphatic carbocycles. The third kappa shape index (κ3) is 4.49. The first-order chi connectivity index (χ1) is 11.5. The number of benzene rings is 2. The molecule has 0 atom stereocenters. The Morgan fingerprint density at radius 1 is 0.958 bits per heavy atom. The number of hydrogen-bond donors (Lipinski definition) is 2. The number of nitrogens with two attached hydrogens (primary N) is 2. The number of carbonyl (C=O) groups excluding carboxylic acids is 1. The molecule has 0 bridgehead atoms. The smallest absolute Gasteiger partial charge is 0.193 e. The zero-order valence-electron chi connectivity index (χ0n) is 14.3. The fraction of sp³-hybridized carbons (Fsp3) is 0.316. The average molecular weight is 327 g/mol. The minimum atomic E-state index is -0.0867. The molecule has 2 aromatic rings. The van der Waals surface area contributed by atoms with Crippen molar-refractivity contribution in [1.29, 1.82) is 0 Å². The van der Waals surface area contributed by atoms with Gasteiger partial charge in [0.05, 0.1) is 11.4 Å². The van der Waals surface area contributed by atoms with Crippen LogP contribution in [-0.4, -0.2) is 36.9 Å². The lowest BCUT2D eigenvalue weighted by molar-refractivity contribution is 0.103. The van der Waals surface area contributed by atoms with Gasteiger partial charge in [-0.25, -0.2) is 0 Å². The summed E-state index contributed by atoms with van der Waals surface area (Å²) in [6.45, 7) is 7.81. The number of nitrogens with zero attached hydrogens (tertiary/aromatic N) is 1. The van der Waals surface area contributed by atoms with Gasteiger partial charge in [-0.1, -0.05) is 13.8 Å². The molecule has 128 valence electrons. The number of ketones is 1. The molecule has 0 heterocycles. The predicted octanol–water partition coefficient (Wildman–Crippen LogP) is 2.80. The molecule has 0 fully saturated rings. The molecule has 24 heavy (non-hydrogen) atoms. The van der Waals surface area contributed by atoms with Crippen LogP contribution >= 0.6 is 0 Å². The molecule has 0 saturated carbocycles. The van der Waals surface area contributed by atoms with E-state index in [1.54, 1.807) is 30.3 Å². The Bertz CT molecular complexity index is 680. The monoisotopic (exact) mass is 327 g/mol. The highest BCUT2D eigenvalue weighted by Crippen LogP contribution is 2.20. The van der Waals surface area contributed by atoms with E-state index in [0.717, 1.165) is 25.4 Å². The van der Waals surface area contributed by atoms with Gasteiger partial charge in [-0.15, -0.1) is 0 Å². The van der Waals surface area contributed by atoms with E-state index < -0.39 is 0 Å². The zero-order valence-corrected chi connectivity index (χ0v) is 14.3. The molecule has 5 nitrogen and oxygen atoms in total. The minimum Gasteiger partial charge on any atom is -0.492 e. The van der Waals surface area contributed by atoms with Crippen LogP contribution in [0, 0.1) is 0 Å². The van der Waals surface area contributed by atoms with Gasteiger partial charge < -0.3 is 21.1 Å². The summed E-state index contributed by atoms with van der Waals surface area (Å²) in [6, 6.07) is 12.1. The molecule has 0 saturated heterocycles. The summed E-state index contributed by atoms with van der Waals surface area (Å²) in [5.41, 5.74) is 13.4. The van der Waals surface area contributed by atoms with Crippen LogP contribution in [0.3, 0.4) is 0 Å². The maximum Gasteiger partial charge on any atom is 0.193 e. The minimum absolute atomic E-state index is 0.0867. The summed E-state index contributed by atoms with van der Waals surface area (Å²) in [6.07, 6.45) is 0. The third-order valence-electron chi connectivity index (χ3n) is 4.04. The number of ether oxygens (including phenoxy) is 1. The van der Waals surface area contributed by atoms with Crippen molar-refractivity contribution in [3.63, 3.8) is 0 Å². The summed E-state index contributed by atoms with van der Waals surface area (Å²) in [5, 5.41) is 0. The number of hydrogen-bond acceptors (Lipinski definition) is 5. The second kappa shape index (κ2) is 8.36. The van der Waals surface area contributed by atoms with E-state index in [9.17, 15) is 4.79 Å². The maximum atomic E-state index is 12.5. The number of rotatable bonds is 8. The second-order valence-corrected chi connectivity index (χ2v) is 5.57. The first-order valence-corrected chi connectivity index (χ1v) is 8.20. The van der Waals surface area contributed by atoms with Crippen molar-refractivity contribution in [2.24, 2.45) is 0 Å². The van der Waals surface area contributed by atoms with Crippen molar-refractivity contribution in [2.75, 3.05) is 37.7 Å². The standard InChI is InChI=1S/C19H25N3O2/c1-3-22(4-2)11-12-24-16-8-5-14(6-9-16)19(23)15-7-10-17(20)18(21)13-15/h5-10,13H,3-4,11-12,20-21H2,1-2H3. The Balaban J connectivity index is 1.98. The fourth-order valence-corrected chi connectivity index (χ4v) is 2.42. The molecule has 0 aromatic heterocycles. The van der Waals surface area contributed by atoms with Gasteiger partial charge in [0.15, 0.2) is 5.78 Å². The predicted molar refractivity (Wildman–Crippen MR) is 98.4 cm³/mol. The number of anilines is 2. The Labute approximate surface area is 143 Å². The quantitative estimate of drug-likeness (QED) is 0.575. The lowest BCUT2D eigenvalue weighted by Gasteiger charge is -2.18. The highest BCUT2D eigenvalue weighted by Gasteiger charge is 2.10. The van der Waals surface area contributed by atoms with E-state index in [1.165, 1.54) is 0 Å². The van der Waals surface area contributed by atoms with Crippen LogP contribution in [-0.2, 0) is 0 Å². The van der Waals surface area contributed by atoms with Crippen LogP contribution in [0.1, 0.15) is 29.8 Å². The van der Waals surface area contributed by atoms with Crippen LogP contribution < -0.4 is 16.2 Å². The van der Waals surface area contributed by atoms with Gasteiger partial charge in [0.2, 0.25) is 0 Å². The molecule has 0 aliphatic heterocycles. The van der Waals surface area contributed by atoms with Gasteiger partial charge in [-0.3, -0.25) is 4.79 Å². The van der Waals surface area contributed by atoms with E-state index >= 15 is 0 Å². The van der Waals surface area contributed by atoms with Crippen molar-refractivity contribution in [3.05, 3.63) is 53.6 Å². The fourth-order valence-electron chi connectivity index (χ4n) is 2.42. The summed E-state index contributed by atoms with van der Waals surface area (Å²) < 4.78 is 5.73. The van der Waals surface area contributed by atoms with Crippen LogP contribution in [0.15, 0.2) is 42.5 Å². The molecule has 4 N–H and O–H groups in total. The van der Waals surface area contributed by atoms with Crippen molar-refractivity contribution in [1.82, 2.24) is 4.90 Å². The van der Waals surface area contributed by atoms with E-state index in [2.05, 4.69) is 18.7 Å². The Morgan fingerprint density at radius 2 is 1.58 bits per heavy atom. The first-order valence-electron chi connectivity index (χ1n) is 8.20. The molecule has 5 heteroatoms. The van der Waals surface area contributed by atoms with Crippen LogP contribution in [0.2, 0.25) is 0 Å². The summed E-state index contributed by atoms with van der Waals surface area (Å²) in [5.74, 6) is 0.673. The van der Waals surface area contributed by atoms with Crippen LogP contribution in [0.25, 0.3) is 0 Å². The molecular formula is C19H25N3O2. The SMILES string of the molecule is CCN(CC)CCOc1ccc(C(=O)c2ccc(N)c(N)c2)cc1. The normalized spacial score (nSPS) is 10.8. The second-order valence-electron chi connectivity index (χ2n) is 5.57. The van der Waals surface area contributed by atoms with E-state index in [0.29, 0.717) is 29.1 Å². The maximum absolute atomic E-state index is 12.5. The molecule has 2 rings (SSSR count).